The molecule has 0 aromatic heterocycles. The predicted octanol–water partition coefficient (Wildman–Crippen LogP) is 2.63. The van der Waals surface area contributed by atoms with Crippen LogP contribution in [0.15, 0.2) is 18.2 Å². The van der Waals surface area contributed by atoms with Gasteiger partial charge in [-0.05, 0) is 47.7 Å². The van der Waals surface area contributed by atoms with E-state index in [1.54, 1.807) is 25.1 Å². The van der Waals surface area contributed by atoms with Crippen LogP contribution in [-0.4, -0.2) is 25.0 Å². The second-order valence-electron chi connectivity index (χ2n) is 3.44. The lowest BCUT2D eigenvalue weighted by atomic mass is 10.2. The van der Waals surface area contributed by atoms with E-state index < -0.39 is 0 Å². The first-order valence-electron chi connectivity index (χ1n) is 5.43. The van der Waals surface area contributed by atoms with Crippen LogP contribution in [0.5, 0.6) is 0 Å². The lowest BCUT2D eigenvalue weighted by Crippen LogP contribution is -2.26. The fourth-order valence-corrected chi connectivity index (χ4v) is 1.77. The Hall–Kier alpha value is -0.820. The van der Waals surface area contributed by atoms with Crippen LogP contribution in [0.4, 0.5) is 0 Å². The molecular weight excluding hydrogens is 368 g/mol. The van der Waals surface area contributed by atoms with Gasteiger partial charge in [0, 0.05) is 15.7 Å². The van der Waals surface area contributed by atoms with Gasteiger partial charge in [0.15, 0.2) is 0 Å². The van der Waals surface area contributed by atoms with Gasteiger partial charge in [0.2, 0.25) is 0 Å². The van der Waals surface area contributed by atoms with Gasteiger partial charge in [0.25, 0.3) is 5.91 Å². The molecule has 0 aliphatic carbocycles. The number of esters is 1. The molecule has 98 valence electrons. The molecule has 0 fully saturated rings. The minimum atomic E-state index is -0.321. The maximum atomic E-state index is 11.7. The molecule has 0 unspecified atom stereocenters. The number of carbonyl (C=O) groups excluding carboxylic acids is 2. The summed E-state index contributed by atoms with van der Waals surface area (Å²) in [5.74, 6) is -0.573. The molecule has 0 saturated carbocycles. The SMILES string of the molecule is CCOC(=O)CCNC(=O)c1ccc(I)c(Cl)c1. The van der Waals surface area contributed by atoms with E-state index in [9.17, 15) is 9.59 Å². The lowest BCUT2D eigenvalue weighted by molar-refractivity contribution is -0.142. The zero-order chi connectivity index (χ0) is 13.5. The van der Waals surface area contributed by atoms with Crippen molar-refractivity contribution in [3.63, 3.8) is 0 Å². The number of nitrogens with one attached hydrogen (secondary N) is 1. The van der Waals surface area contributed by atoms with Gasteiger partial charge in [-0.25, -0.2) is 0 Å². The van der Waals surface area contributed by atoms with Crippen molar-refractivity contribution in [2.75, 3.05) is 13.2 Å². The van der Waals surface area contributed by atoms with Crippen molar-refractivity contribution in [3.8, 4) is 0 Å². The lowest BCUT2D eigenvalue weighted by Gasteiger charge is -2.06. The average Bonchev–Trinajstić information content (AvgIpc) is 2.33. The van der Waals surface area contributed by atoms with Crippen molar-refractivity contribution >= 4 is 46.1 Å². The quantitative estimate of drug-likeness (QED) is 0.630. The topological polar surface area (TPSA) is 55.4 Å². The van der Waals surface area contributed by atoms with Gasteiger partial charge in [0.05, 0.1) is 18.1 Å². The molecule has 0 heterocycles. The van der Waals surface area contributed by atoms with E-state index in [-0.39, 0.29) is 24.8 Å². The molecule has 18 heavy (non-hydrogen) atoms. The molecule has 0 radical (unpaired) electrons. The van der Waals surface area contributed by atoms with Gasteiger partial charge in [-0.1, -0.05) is 11.6 Å². The molecule has 0 atom stereocenters. The standard InChI is InChI=1S/C12H13ClINO3/c1-2-18-11(16)5-6-15-12(17)8-3-4-10(14)9(13)7-8/h3-4,7H,2,5-6H2,1H3,(H,15,17). The van der Waals surface area contributed by atoms with Gasteiger partial charge in [-0.2, -0.15) is 0 Å². The predicted molar refractivity (Wildman–Crippen MR) is 77.8 cm³/mol. The first-order valence-corrected chi connectivity index (χ1v) is 6.89. The second-order valence-corrected chi connectivity index (χ2v) is 5.01. The summed E-state index contributed by atoms with van der Waals surface area (Å²) in [6, 6.07) is 5.06. The van der Waals surface area contributed by atoms with E-state index in [4.69, 9.17) is 16.3 Å². The first kappa shape index (κ1) is 15.2. The third-order valence-electron chi connectivity index (χ3n) is 2.10. The van der Waals surface area contributed by atoms with Crippen molar-refractivity contribution < 1.29 is 14.3 Å². The molecule has 1 amide bonds. The fraction of sp³-hybridized carbons (Fsp3) is 0.333. The van der Waals surface area contributed by atoms with Crippen LogP contribution in [0.25, 0.3) is 0 Å². The Labute approximate surface area is 124 Å². The van der Waals surface area contributed by atoms with Crippen molar-refractivity contribution in [1.82, 2.24) is 5.32 Å². The van der Waals surface area contributed by atoms with Crippen molar-refractivity contribution in [3.05, 3.63) is 32.4 Å². The Kier molecular flexibility index (Phi) is 6.42. The van der Waals surface area contributed by atoms with Gasteiger partial charge >= 0.3 is 5.97 Å². The third kappa shape index (κ3) is 4.81. The van der Waals surface area contributed by atoms with Gasteiger partial charge in [-0.3, -0.25) is 9.59 Å². The summed E-state index contributed by atoms with van der Waals surface area (Å²) in [5.41, 5.74) is 0.476. The minimum Gasteiger partial charge on any atom is -0.466 e. The number of hydrogen-bond acceptors (Lipinski definition) is 3. The van der Waals surface area contributed by atoms with Crippen molar-refractivity contribution in [2.45, 2.75) is 13.3 Å². The van der Waals surface area contributed by atoms with Gasteiger partial charge in [-0.15, -0.1) is 0 Å². The Bertz CT molecular complexity index is 451. The molecule has 1 N–H and O–H groups in total. The minimum absolute atomic E-state index is 0.164. The maximum absolute atomic E-state index is 11.7. The molecule has 1 aromatic carbocycles. The Morgan fingerprint density at radius 2 is 2.17 bits per heavy atom. The highest BCUT2D eigenvalue weighted by Gasteiger charge is 2.08. The molecule has 0 spiro atoms. The third-order valence-corrected chi connectivity index (χ3v) is 3.67. The summed E-state index contributed by atoms with van der Waals surface area (Å²) in [4.78, 5) is 22.8. The molecule has 1 aromatic rings. The summed E-state index contributed by atoms with van der Waals surface area (Å²) < 4.78 is 5.64. The number of rotatable bonds is 5. The Balaban J connectivity index is 2.45. The maximum Gasteiger partial charge on any atom is 0.307 e. The molecule has 0 bridgehead atoms. The van der Waals surface area contributed by atoms with Crippen molar-refractivity contribution in [1.29, 1.82) is 0 Å². The number of halogens is 2. The normalized spacial score (nSPS) is 9.94. The van der Waals surface area contributed by atoms with E-state index in [0.29, 0.717) is 17.2 Å². The molecular formula is C12H13ClINO3. The Morgan fingerprint density at radius 3 is 2.78 bits per heavy atom. The summed E-state index contributed by atoms with van der Waals surface area (Å²) in [7, 11) is 0. The van der Waals surface area contributed by atoms with Crippen LogP contribution in [0.2, 0.25) is 5.02 Å². The summed E-state index contributed by atoms with van der Waals surface area (Å²) >= 11 is 8.01. The van der Waals surface area contributed by atoms with Crippen molar-refractivity contribution in [2.24, 2.45) is 0 Å². The fourth-order valence-electron chi connectivity index (χ4n) is 1.25. The molecule has 0 aliphatic rings. The molecule has 0 saturated heterocycles. The molecule has 0 aliphatic heterocycles. The van der Waals surface area contributed by atoms with E-state index in [1.165, 1.54) is 0 Å². The van der Waals surface area contributed by atoms with E-state index in [0.717, 1.165) is 3.57 Å². The highest BCUT2D eigenvalue weighted by molar-refractivity contribution is 14.1. The highest BCUT2D eigenvalue weighted by Crippen LogP contribution is 2.19. The number of hydrogen-bond donors (Lipinski definition) is 1. The average molecular weight is 382 g/mol. The van der Waals surface area contributed by atoms with Crippen LogP contribution in [-0.2, 0) is 9.53 Å². The number of benzene rings is 1. The Morgan fingerprint density at radius 1 is 1.44 bits per heavy atom. The largest absolute Gasteiger partial charge is 0.466 e. The van der Waals surface area contributed by atoms with Crippen LogP contribution in [0.1, 0.15) is 23.7 Å². The number of carbonyl (C=O) groups is 2. The number of ether oxygens (including phenoxy) is 1. The van der Waals surface area contributed by atoms with E-state index >= 15 is 0 Å². The zero-order valence-corrected chi connectivity index (χ0v) is 12.7. The van der Waals surface area contributed by atoms with E-state index in [2.05, 4.69) is 27.9 Å². The summed E-state index contributed by atoms with van der Waals surface area (Å²) in [6.45, 7) is 2.34. The summed E-state index contributed by atoms with van der Waals surface area (Å²) in [5, 5.41) is 3.17. The van der Waals surface area contributed by atoms with Crippen LogP contribution < -0.4 is 5.32 Å². The molecule has 1 rings (SSSR count). The van der Waals surface area contributed by atoms with Crippen LogP contribution in [0.3, 0.4) is 0 Å². The molecule has 4 nitrogen and oxygen atoms in total. The smallest absolute Gasteiger partial charge is 0.307 e. The second kappa shape index (κ2) is 7.58. The number of amides is 1. The van der Waals surface area contributed by atoms with E-state index in [1.807, 2.05) is 0 Å². The highest BCUT2D eigenvalue weighted by atomic mass is 127. The summed E-state index contributed by atoms with van der Waals surface area (Å²) in [6.07, 6.45) is 0.164. The first-order chi connectivity index (χ1) is 8.54. The van der Waals surface area contributed by atoms with Crippen LogP contribution in [0, 0.1) is 3.57 Å². The monoisotopic (exact) mass is 381 g/mol. The van der Waals surface area contributed by atoms with Gasteiger partial charge in [0.1, 0.15) is 0 Å². The van der Waals surface area contributed by atoms with Crippen LogP contribution >= 0.6 is 34.2 Å². The molecule has 6 heteroatoms. The van der Waals surface area contributed by atoms with Gasteiger partial charge < -0.3 is 10.1 Å². The zero-order valence-electron chi connectivity index (χ0n) is 9.83.